The number of anilines is 2. The van der Waals surface area contributed by atoms with Gasteiger partial charge in [-0.05, 0) is 45.0 Å². The number of morpholine rings is 1. The van der Waals surface area contributed by atoms with Crippen molar-refractivity contribution in [3.05, 3.63) is 65.1 Å². The maximum absolute atomic E-state index is 14.8. The summed E-state index contributed by atoms with van der Waals surface area (Å²) in [6.45, 7) is 6.28. The summed E-state index contributed by atoms with van der Waals surface area (Å²) >= 11 is 0. The van der Waals surface area contributed by atoms with Crippen LogP contribution in [0.3, 0.4) is 0 Å². The number of aryl methyl sites for hydroxylation is 3. The Morgan fingerprint density at radius 2 is 1.81 bits per heavy atom. The van der Waals surface area contributed by atoms with E-state index in [1.807, 2.05) is 19.1 Å². The zero-order valence-corrected chi connectivity index (χ0v) is 20.9. The first-order chi connectivity index (χ1) is 17.7. The number of hydrogen-bond donors (Lipinski definition) is 0. The molecular weight excluding hydrogens is 480 g/mol. The van der Waals surface area contributed by atoms with Crippen LogP contribution in [0.25, 0.3) is 22.4 Å². The van der Waals surface area contributed by atoms with E-state index >= 15 is 0 Å². The van der Waals surface area contributed by atoms with Crippen molar-refractivity contribution in [3.8, 4) is 11.3 Å². The van der Waals surface area contributed by atoms with Gasteiger partial charge in [-0.2, -0.15) is 4.98 Å². The molecule has 0 bridgehead atoms. The van der Waals surface area contributed by atoms with E-state index in [1.165, 1.54) is 17.0 Å². The van der Waals surface area contributed by atoms with Gasteiger partial charge < -0.3 is 9.64 Å². The van der Waals surface area contributed by atoms with Gasteiger partial charge in [-0.15, -0.1) is 0 Å². The van der Waals surface area contributed by atoms with E-state index in [4.69, 9.17) is 4.74 Å². The van der Waals surface area contributed by atoms with E-state index in [9.17, 15) is 13.6 Å². The molecule has 1 aromatic carbocycles. The lowest BCUT2D eigenvalue weighted by Crippen LogP contribution is -2.51. The lowest BCUT2D eigenvalue weighted by Gasteiger charge is -2.34. The predicted octanol–water partition coefficient (Wildman–Crippen LogP) is 3.55. The number of carbonyl (C=O) groups excluding carboxylic acids is 1. The van der Waals surface area contributed by atoms with Crippen LogP contribution in [0.2, 0.25) is 0 Å². The molecule has 0 spiro atoms. The van der Waals surface area contributed by atoms with E-state index in [0.717, 1.165) is 11.8 Å². The number of likely N-dealkylation sites (N-methyl/N-ethyl adjacent to an activating group) is 1. The number of benzene rings is 1. The molecule has 1 amide bonds. The van der Waals surface area contributed by atoms with Crippen molar-refractivity contribution < 1.29 is 18.3 Å². The molecule has 1 fully saturated rings. The van der Waals surface area contributed by atoms with Gasteiger partial charge in [-0.1, -0.05) is 6.07 Å². The number of hydrogen-bond acceptors (Lipinski definition) is 8. The van der Waals surface area contributed by atoms with Gasteiger partial charge in [0.25, 0.3) is 5.91 Å². The fourth-order valence-corrected chi connectivity index (χ4v) is 4.14. The lowest BCUT2D eigenvalue weighted by atomic mass is 10.1. The summed E-state index contributed by atoms with van der Waals surface area (Å²) in [5.41, 5.74) is 2.98. The normalized spacial score (nSPS) is 15.7. The zero-order chi connectivity index (χ0) is 26.3. The van der Waals surface area contributed by atoms with E-state index in [0.29, 0.717) is 29.3 Å². The van der Waals surface area contributed by atoms with Gasteiger partial charge in [0.05, 0.1) is 24.5 Å². The highest BCUT2D eigenvalue weighted by Crippen LogP contribution is 2.30. The molecule has 1 aliphatic heterocycles. The molecule has 0 radical (unpaired) electrons. The molecule has 3 aromatic heterocycles. The average Bonchev–Trinajstić information content (AvgIpc) is 2.88. The Bertz CT molecular complexity index is 1510. The largest absolute Gasteiger partial charge is 0.365 e. The molecule has 4 aromatic rings. The molecule has 4 heterocycles. The number of halogens is 2. The second-order valence-corrected chi connectivity index (χ2v) is 8.90. The second-order valence-electron chi connectivity index (χ2n) is 8.90. The van der Waals surface area contributed by atoms with Crippen LogP contribution in [0.15, 0.2) is 36.4 Å². The minimum absolute atomic E-state index is 0.0822. The Balaban J connectivity index is 1.52. The van der Waals surface area contributed by atoms with Crippen LogP contribution in [0.4, 0.5) is 20.5 Å². The molecule has 9 nitrogen and oxygen atoms in total. The number of pyridine rings is 1. The minimum Gasteiger partial charge on any atom is -0.365 e. The molecule has 0 N–H and O–H groups in total. The van der Waals surface area contributed by atoms with Crippen LogP contribution in [0.5, 0.6) is 0 Å². The molecular formula is C26H25F2N7O2. The predicted molar refractivity (Wildman–Crippen MR) is 134 cm³/mol. The number of ether oxygens (including phenoxy) is 1. The number of rotatable bonds is 4. The molecule has 37 heavy (non-hydrogen) atoms. The molecule has 5 rings (SSSR count). The summed E-state index contributed by atoms with van der Waals surface area (Å²) in [4.78, 5) is 39.2. The van der Waals surface area contributed by atoms with Crippen molar-refractivity contribution in [1.29, 1.82) is 0 Å². The Kier molecular flexibility index (Phi) is 6.46. The maximum atomic E-state index is 14.8. The van der Waals surface area contributed by atoms with Crippen LogP contribution >= 0.6 is 0 Å². The number of amides is 1. The second kappa shape index (κ2) is 9.74. The highest BCUT2D eigenvalue weighted by atomic mass is 19.1. The molecule has 1 aliphatic rings. The van der Waals surface area contributed by atoms with Crippen LogP contribution in [0, 0.1) is 32.4 Å². The third kappa shape index (κ3) is 4.82. The van der Waals surface area contributed by atoms with Crippen molar-refractivity contribution in [1.82, 2.24) is 24.9 Å². The van der Waals surface area contributed by atoms with Gasteiger partial charge in [0.1, 0.15) is 28.7 Å². The van der Waals surface area contributed by atoms with E-state index in [1.54, 1.807) is 31.9 Å². The third-order valence-corrected chi connectivity index (χ3v) is 6.29. The molecule has 1 atom stereocenters. The lowest BCUT2D eigenvalue weighted by molar-refractivity contribution is -0.130. The summed E-state index contributed by atoms with van der Waals surface area (Å²) in [6.07, 6.45) is -0.794. The standard InChI is InChI=1S/C26H25F2N7O2/c1-14-6-5-7-21(29-14)34(4)25(36)20-13-35(10-11-37-20)26-32-22(18-9-8-17(27)12-19(18)28)23-24(33-26)31-16(3)15(2)30-23/h5-9,12,20H,10-11,13H2,1-4H3/t20-/m1/s1. The summed E-state index contributed by atoms with van der Waals surface area (Å²) in [6, 6.07) is 8.73. The first-order valence-electron chi connectivity index (χ1n) is 11.8. The SMILES string of the molecule is Cc1cccc(N(C)C(=O)[C@H]2CN(c3nc(-c4ccc(F)cc4F)c4nc(C)c(C)nc4n3)CCO2)n1. The molecule has 1 saturated heterocycles. The van der Waals surface area contributed by atoms with Crippen LogP contribution in [-0.4, -0.2) is 63.7 Å². The van der Waals surface area contributed by atoms with Crippen LogP contribution in [0.1, 0.15) is 17.1 Å². The summed E-state index contributed by atoms with van der Waals surface area (Å²) in [7, 11) is 1.65. The van der Waals surface area contributed by atoms with Crippen molar-refractivity contribution in [2.75, 3.05) is 36.5 Å². The maximum Gasteiger partial charge on any atom is 0.258 e. The molecule has 11 heteroatoms. The van der Waals surface area contributed by atoms with E-state index in [-0.39, 0.29) is 41.9 Å². The topological polar surface area (TPSA) is 97.2 Å². The van der Waals surface area contributed by atoms with Gasteiger partial charge in [0.15, 0.2) is 11.8 Å². The average molecular weight is 506 g/mol. The fourth-order valence-electron chi connectivity index (χ4n) is 4.14. The quantitative estimate of drug-likeness (QED) is 0.416. The monoisotopic (exact) mass is 505 g/mol. The number of nitrogens with zero attached hydrogens (tertiary/aromatic N) is 7. The zero-order valence-electron chi connectivity index (χ0n) is 20.9. The molecule has 0 aliphatic carbocycles. The van der Waals surface area contributed by atoms with Crippen molar-refractivity contribution in [3.63, 3.8) is 0 Å². The Morgan fingerprint density at radius 1 is 1.03 bits per heavy atom. The number of carbonyl (C=O) groups is 1. The minimum atomic E-state index is -0.794. The summed E-state index contributed by atoms with van der Waals surface area (Å²) < 4.78 is 34.2. The van der Waals surface area contributed by atoms with Crippen molar-refractivity contribution in [2.45, 2.75) is 26.9 Å². The van der Waals surface area contributed by atoms with Crippen molar-refractivity contribution >= 4 is 28.8 Å². The summed E-state index contributed by atoms with van der Waals surface area (Å²) in [5, 5.41) is 0. The third-order valence-electron chi connectivity index (χ3n) is 6.29. The Morgan fingerprint density at radius 3 is 2.57 bits per heavy atom. The number of fused-ring (bicyclic) bond motifs is 1. The fraction of sp³-hybridized carbons (Fsp3) is 0.308. The Labute approximate surface area is 212 Å². The molecule has 0 unspecified atom stereocenters. The van der Waals surface area contributed by atoms with Gasteiger partial charge >= 0.3 is 0 Å². The molecule has 190 valence electrons. The van der Waals surface area contributed by atoms with Gasteiger partial charge in [-0.25, -0.2) is 28.7 Å². The highest BCUT2D eigenvalue weighted by molar-refractivity contribution is 5.96. The van der Waals surface area contributed by atoms with E-state index < -0.39 is 17.7 Å². The smallest absolute Gasteiger partial charge is 0.258 e. The number of aromatic nitrogens is 5. The van der Waals surface area contributed by atoms with Crippen LogP contribution < -0.4 is 9.80 Å². The first kappa shape index (κ1) is 24.6. The highest BCUT2D eigenvalue weighted by Gasteiger charge is 2.32. The van der Waals surface area contributed by atoms with Crippen molar-refractivity contribution in [2.24, 2.45) is 0 Å². The van der Waals surface area contributed by atoms with Gasteiger partial charge in [0.2, 0.25) is 5.95 Å². The van der Waals surface area contributed by atoms with Gasteiger partial charge in [0, 0.05) is 30.9 Å². The van der Waals surface area contributed by atoms with Crippen LogP contribution in [-0.2, 0) is 9.53 Å². The first-order valence-corrected chi connectivity index (χ1v) is 11.8. The summed E-state index contributed by atoms with van der Waals surface area (Å²) in [5.74, 6) is -0.961. The Hall–Kier alpha value is -4.12. The van der Waals surface area contributed by atoms with E-state index in [2.05, 4.69) is 24.9 Å². The molecule has 0 saturated carbocycles. The van der Waals surface area contributed by atoms with Gasteiger partial charge in [-0.3, -0.25) is 9.69 Å².